The Morgan fingerprint density at radius 1 is 0.448 bits per heavy atom. The third-order valence-electron chi connectivity index (χ3n) is 15.5. The maximum absolute atomic E-state index is 2.70. The van der Waals surface area contributed by atoms with Gasteiger partial charge in [0, 0.05) is 34.0 Å². The van der Waals surface area contributed by atoms with Crippen LogP contribution in [0.25, 0.3) is 22.3 Å². The molecule has 0 spiro atoms. The molecule has 0 saturated carbocycles. The minimum absolute atomic E-state index is 0.0218. The first kappa shape index (κ1) is 45.0. The Kier molecular flexibility index (Phi) is 10.3. The Labute approximate surface area is 403 Å². The van der Waals surface area contributed by atoms with Gasteiger partial charge in [0.1, 0.15) is 0 Å². The van der Waals surface area contributed by atoms with Gasteiger partial charge in [-0.2, -0.15) is 0 Å². The molecule has 67 heavy (non-hydrogen) atoms. The summed E-state index contributed by atoms with van der Waals surface area (Å²) in [5, 5.41) is 0. The van der Waals surface area contributed by atoms with Gasteiger partial charge >= 0.3 is 0 Å². The molecular weight excluding hydrogens is 808 g/mol. The second-order valence-electron chi connectivity index (χ2n) is 24.9. The molecule has 7 aromatic carbocycles. The van der Waals surface area contributed by atoms with E-state index in [1.807, 2.05) is 0 Å². The van der Waals surface area contributed by atoms with Crippen LogP contribution in [0.2, 0.25) is 0 Å². The number of benzene rings is 7. The Morgan fingerprint density at radius 3 is 1.52 bits per heavy atom. The Balaban J connectivity index is 1.32. The van der Waals surface area contributed by atoms with E-state index in [0.29, 0.717) is 5.92 Å². The molecule has 0 radical (unpaired) electrons. The summed E-state index contributed by atoms with van der Waals surface area (Å²) in [4.78, 5) is 5.30. The predicted octanol–water partition coefficient (Wildman–Crippen LogP) is 16.1. The van der Waals surface area contributed by atoms with Gasteiger partial charge in [-0.25, -0.2) is 0 Å². The van der Waals surface area contributed by atoms with Crippen LogP contribution in [0.5, 0.6) is 0 Å². The average Bonchev–Trinajstić information content (AvgIpc) is 3.46. The van der Waals surface area contributed by atoms with Gasteiger partial charge < -0.3 is 9.80 Å². The Morgan fingerprint density at radius 2 is 0.940 bits per heavy atom. The number of rotatable bonds is 5. The fourth-order valence-electron chi connectivity index (χ4n) is 11.8. The fraction of sp³-hybridized carbons (Fsp3) is 0.344. The van der Waals surface area contributed by atoms with Crippen LogP contribution in [0.4, 0.5) is 34.1 Å². The van der Waals surface area contributed by atoms with Crippen molar-refractivity contribution in [3.8, 4) is 22.3 Å². The van der Waals surface area contributed by atoms with Gasteiger partial charge in [-0.3, -0.25) is 0 Å². The van der Waals surface area contributed by atoms with Crippen LogP contribution in [0.1, 0.15) is 150 Å². The molecule has 3 aliphatic rings. The SMILES string of the molecule is CC(C)c1cc2c3c(c1)N(c1ccc(C(C)(C)C)cc1-c1ccc(-c4ccccc4)cc1)c1cc4c(cc1B3c1cc(C(C)(C)C)ccc1N2c1ccc(C(C)(C)C)cc1)C(C)(C)CC4(C)C. The minimum Gasteiger partial charge on any atom is -0.311 e. The largest absolute Gasteiger partial charge is 0.311 e. The van der Waals surface area contributed by atoms with Gasteiger partial charge in [0.05, 0.1) is 5.69 Å². The van der Waals surface area contributed by atoms with Crippen LogP contribution in [-0.2, 0) is 27.1 Å². The van der Waals surface area contributed by atoms with E-state index >= 15 is 0 Å². The lowest BCUT2D eigenvalue weighted by atomic mass is 9.33. The van der Waals surface area contributed by atoms with E-state index in [0.717, 1.165) is 6.42 Å². The fourth-order valence-corrected chi connectivity index (χ4v) is 11.8. The molecule has 0 bridgehead atoms. The number of hydrogen-bond acceptors (Lipinski definition) is 2. The molecule has 10 rings (SSSR count). The van der Waals surface area contributed by atoms with E-state index in [1.165, 1.54) is 106 Å². The van der Waals surface area contributed by atoms with Crippen molar-refractivity contribution in [2.45, 2.75) is 143 Å². The highest BCUT2D eigenvalue weighted by Crippen LogP contribution is 2.54. The third-order valence-corrected chi connectivity index (χ3v) is 15.5. The molecule has 0 fully saturated rings. The first-order valence-electron chi connectivity index (χ1n) is 24.9. The molecule has 0 saturated heterocycles. The van der Waals surface area contributed by atoms with Gasteiger partial charge in [0.2, 0.25) is 0 Å². The molecule has 2 heterocycles. The van der Waals surface area contributed by atoms with Crippen LogP contribution in [0.3, 0.4) is 0 Å². The standard InChI is InChI=1S/C64H71BN2/c1-40(2)44-33-57-59-58(34-44)67(54-31-27-46(61(6,7)8)35-49(54)43-23-21-42(22-24-43)41-19-17-16-18-20-41)56-38-51-50(63(12,13)39-64(51,14)15)37-53(56)65(59)52-36-47(62(9,10)11)28-32-55(52)66(57)48-29-25-45(26-30-48)60(3,4)5/h16-38,40H,39H2,1-15H3. The summed E-state index contributed by atoms with van der Waals surface area (Å²) in [6.07, 6.45) is 1.11. The third kappa shape index (κ3) is 7.56. The van der Waals surface area contributed by atoms with Crippen LogP contribution in [0, 0.1) is 0 Å². The van der Waals surface area contributed by atoms with Crippen molar-refractivity contribution in [1.29, 1.82) is 0 Å². The first-order chi connectivity index (χ1) is 31.4. The predicted molar refractivity (Wildman–Crippen MR) is 292 cm³/mol. The van der Waals surface area contributed by atoms with Gasteiger partial charge in [0.25, 0.3) is 6.71 Å². The van der Waals surface area contributed by atoms with E-state index in [2.05, 4.69) is 253 Å². The molecule has 1 aliphatic carbocycles. The van der Waals surface area contributed by atoms with Crippen LogP contribution in [0.15, 0.2) is 140 Å². The zero-order valence-corrected chi connectivity index (χ0v) is 43.0. The van der Waals surface area contributed by atoms with E-state index in [-0.39, 0.29) is 33.8 Å². The summed E-state index contributed by atoms with van der Waals surface area (Å²) in [7, 11) is 0. The van der Waals surface area contributed by atoms with E-state index in [9.17, 15) is 0 Å². The second-order valence-corrected chi connectivity index (χ2v) is 24.9. The van der Waals surface area contributed by atoms with Crippen molar-refractivity contribution < 1.29 is 0 Å². The van der Waals surface area contributed by atoms with Crippen LogP contribution >= 0.6 is 0 Å². The summed E-state index contributed by atoms with van der Waals surface area (Å²) in [5.74, 6) is 0.311. The summed E-state index contributed by atoms with van der Waals surface area (Å²) >= 11 is 0. The van der Waals surface area contributed by atoms with Gasteiger partial charge in [-0.15, -0.1) is 0 Å². The van der Waals surface area contributed by atoms with Gasteiger partial charge in [0.15, 0.2) is 0 Å². The zero-order valence-electron chi connectivity index (χ0n) is 43.0. The molecule has 0 N–H and O–H groups in total. The van der Waals surface area contributed by atoms with Crippen molar-refractivity contribution >= 4 is 57.2 Å². The monoisotopic (exact) mass is 879 g/mol. The summed E-state index contributed by atoms with van der Waals surface area (Å²) in [6, 6.07) is 54.6. The van der Waals surface area contributed by atoms with Crippen molar-refractivity contribution in [2.24, 2.45) is 0 Å². The lowest BCUT2D eigenvalue weighted by molar-refractivity contribution is 0.403. The van der Waals surface area contributed by atoms with Crippen LogP contribution < -0.4 is 26.2 Å². The molecule has 0 amide bonds. The average molecular weight is 879 g/mol. The molecule has 2 nitrogen and oxygen atoms in total. The quantitative estimate of drug-likeness (QED) is 0.159. The Bertz CT molecular complexity index is 3060. The highest BCUT2D eigenvalue weighted by Gasteiger charge is 2.48. The topological polar surface area (TPSA) is 6.48 Å². The summed E-state index contributed by atoms with van der Waals surface area (Å²) < 4.78 is 0. The maximum Gasteiger partial charge on any atom is 0.252 e. The molecular formula is C64H71BN2. The van der Waals surface area contributed by atoms with Crippen molar-refractivity contribution in [3.63, 3.8) is 0 Å². The van der Waals surface area contributed by atoms with Crippen molar-refractivity contribution in [2.75, 3.05) is 9.80 Å². The first-order valence-corrected chi connectivity index (χ1v) is 24.9. The van der Waals surface area contributed by atoms with E-state index in [1.54, 1.807) is 0 Å². The number of anilines is 6. The molecule has 0 unspecified atom stereocenters. The molecule has 0 atom stereocenters. The highest BCUT2D eigenvalue weighted by atomic mass is 15.2. The highest BCUT2D eigenvalue weighted by molar-refractivity contribution is 7.00. The van der Waals surface area contributed by atoms with E-state index < -0.39 is 0 Å². The Hall–Kier alpha value is -5.80. The zero-order chi connectivity index (χ0) is 47.7. The summed E-state index contributed by atoms with van der Waals surface area (Å²) in [5.41, 5.74) is 25.1. The van der Waals surface area contributed by atoms with Gasteiger partial charge in [-0.05, 0) is 154 Å². The molecule has 7 aromatic rings. The number of hydrogen-bond donors (Lipinski definition) is 0. The molecule has 3 heteroatoms. The smallest absolute Gasteiger partial charge is 0.252 e. The second kappa shape index (κ2) is 15.4. The van der Waals surface area contributed by atoms with Gasteiger partial charge in [-0.1, -0.05) is 195 Å². The normalized spacial score (nSPS) is 15.9. The number of fused-ring (bicyclic) bond motifs is 5. The van der Waals surface area contributed by atoms with E-state index in [4.69, 9.17) is 0 Å². The van der Waals surface area contributed by atoms with Crippen molar-refractivity contribution in [1.82, 2.24) is 0 Å². The lowest BCUT2D eigenvalue weighted by Gasteiger charge is -2.46. The van der Waals surface area contributed by atoms with Crippen molar-refractivity contribution in [3.05, 3.63) is 173 Å². The lowest BCUT2D eigenvalue weighted by Crippen LogP contribution is -2.61. The maximum atomic E-state index is 2.70. The molecule has 2 aliphatic heterocycles. The molecule has 340 valence electrons. The number of nitrogens with zero attached hydrogens (tertiary/aromatic N) is 2. The van der Waals surface area contributed by atoms with Crippen LogP contribution in [-0.4, -0.2) is 6.71 Å². The molecule has 0 aromatic heterocycles. The minimum atomic E-state index is -0.0349. The summed E-state index contributed by atoms with van der Waals surface area (Å²) in [6.45, 7) is 35.7.